The number of anilines is 1. The topological polar surface area (TPSA) is 72.4 Å². The Kier molecular flexibility index (Phi) is 3.25. The lowest BCUT2D eigenvalue weighted by Gasteiger charge is -2.26. The molecule has 2 heterocycles. The molecule has 0 bridgehead atoms. The average Bonchev–Trinajstić information content (AvgIpc) is 2.79. The summed E-state index contributed by atoms with van der Waals surface area (Å²) in [7, 11) is 0. The molecule has 0 unspecified atom stereocenters. The number of nitrogens with two attached hydrogens (primary N) is 1. The minimum absolute atomic E-state index is 0.00409. The van der Waals surface area contributed by atoms with Gasteiger partial charge in [0.15, 0.2) is 0 Å². The zero-order valence-corrected chi connectivity index (χ0v) is 12.6. The lowest BCUT2D eigenvalue weighted by molar-refractivity contribution is 0.0719. The first-order valence-electron chi connectivity index (χ1n) is 6.34. The summed E-state index contributed by atoms with van der Waals surface area (Å²) >= 11 is 3.40. The Morgan fingerprint density at radius 3 is 3.10 bits per heavy atom. The van der Waals surface area contributed by atoms with E-state index < -0.39 is 0 Å². The van der Waals surface area contributed by atoms with Crippen molar-refractivity contribution in [2.24, 2.45) is 0 Å². The van der Waals surface area contributed by atoms with E-state index in [0.29, 0.717) is 30.8 Å². The molecule has 1 amide bonds. The second-order valence-corrected chi connectivity index (χ2v) is 5.77. The van der Waals surface area contributed by atoms with Crippen LogP contribution in [0.4, 0.5) is 6.01 Å². The molecule has 1 aliphatic rings. The van der Waals surface area contributed by atoms with Crippen molar-refractivity contribution in [2.45, 2.75) is 19.9 Å². The number of halogens is 1. The number of hydrogen-bond donors (Lipinski definition) is 1. The van der Waals surface area contributed by atoms with Crippen LogP contribution in [-0.4, -0.2) is 22.3 Å². The van der Waals surface area contributed by atoms with Gasteiger partial charge in [-0.2, -0.15) is 4.98 Å². The predicted octanol–water partition coefficient (Wildman–Crippen LogP) is 2.53. The number of fused-ring (bicyclic) bond motifs is 1. The summed E-state index contributed by atoms with van der Waals surface area (Å²) in [6.07, 6.45) is 0.675. The SMILES string of the molecule is Cc1ccc(Br)cc1C(=O)N1CCc2nc(N)oc2C1. The fourth-order valence-corrected chi connectivity index (χ4v) is 2.74. The molecule has 2 aromatic rings. The fourth-order valence-electron chi connectivity index (χ4n) is 2.38. The Bertz CT molecular complexity index is 681. The van der Waals surface area contributed by atoms with Gasteiger partial charge in [0, 0.05) is 23.0 Å². The molecular weight excluding hydrogens is 322 g/mol. The molecule has 104 valence electrons. The van der Waals surface area contributed by atoms with Gasteiger partial charge < -0.3 is 15.1 Å². The number of carbonyl (C=O) groups excluding carboxylic acids is 1. The second kappa shape index (κ2) is 4.94. The predicted molar refractivity (Wildman–Crippen MR) is 78.2 cm³/mol. The standard InChI is InChI=1S/C14H14BrN3O2/c1-8-2-3-9(15)6-10(8)13(19)18-5-4-11-12(7-18)20-14(16)17-11/h2-3,6H,4-5,7H2,1H3,(H2,16,17). The van der Waals surface area contributed by atoms with Crippen LogP contribution in [0.1, 0.15) is 27.4 Å². The van der Waals surface area contributed by atoms with Gasteiger partial charge in [0.2, 0.25) is 0 Å². The van der Waals surface area contributed by atoms with E-state index in [1.54, 1.807) is 4.90 Å². The molecule has 1 aromatic heterocycles. The molecule has 0 atom stereocenters. The largest absolute Gasteiger partial charge is 0.427 e. The van der Waals surface area contributed by atoms with E-state index in [9.17, 15) is 4.79 Å². The molecule has 3 rings (SSSR count). The molecule has 1 aromatic carbocycles. The molecule has 1 aliphatic heterocycles. The number of oxazole rings is 1. The van der Waals surface area contributed by atoms with Gasteiger partial charge in [0.05, 0.1) is 12.2 Å². The maximum Gasteiger partial charge on any atom is 0.292 e. The molecule has 0 radical (unpaired) electrons. The van der Waals surface area contributed by atoms with Gasteiger partial charge in [-0.05, 0) is 24.6 Å². The summed E-state index contributed by atoms with van der Waals surface area (Å²) in [4.78, 5) is 18.5. The van der Waals surface area contributed by atoms with Crippen molar-refractivity contribution in [1.82, 2.24) is 9.88 Å². The number of nitrogen functional groups attached to an aromatic ring is 1. The number of benzene rings is 1. The van der Waals surface area contributed by atoms with E-state index >= 15 is 0 Å². The highest BCUT2D eigenvalue weighted by atomic mass is 79.9. The Hall–Kier alpha value is -1.82. The van der Waals surface area contributed by atoms with Crippen molar-refractivity contribution in [3.05, 3.63) is 45.3 Å². The van der Waals surface area contributed by atoms with Crippen molar-refractivity contribution in [2.75, 3.05) is 12.3 Å². The second-order valence-electron chi connectivity index (χ2n) is 4.86. The van der Waals surface area contributed by atoms with Gasteiger partial charge >= 0.3 is 0 Å². The summed E-state index contributed by atoms with van der Waals surface area (Å²) in [5.74, 6) is 0.694. The van der Waals surface area contributed by atoms with E-state index in [0.717, 1.165) is 15.7 Å². The van der Waals surface area contributed by atoms with E-state index in [4.69, 9.17) is 10.2 Å². The summed E-state index contributed by atoms with van der Waals surface area (Å²) in [5, 5.41) is 0. The number of aromatic nitrogens is 1. The normalized spacial score (nSPS) is 14.2. The minimum atomic E-state index is 0.00409. The highest BCUT2D eigenvalue weighted by Gasteiger charge is 2.26. The highest BCUT2D eigenvalue weighted by Crippen LogP contribution is 2.24. The Morgan fingerprint density at radius 1 is 1.50 bits per heavy atom. The van der Waals surface area contributed by atoms with Crippen LogP contribution in [0.2, 0.25) is 0 Å². The number of nitrogens with zero attached hydrogens (tertiary/aromatic N) is 2. The van der Waals surface area contributed by atoms with Gasteiger partial charge in [0.25, 0.3) is 11.9 Å². The van der Waals surface area contributed by atoms with E-state index in [1.807, 2.05) is 25.1 Å². The third kappa shape index (κ3) is 2.31. The lowest BCUT2D eigenvalue weighted by Crippen LogP contribution is -2.36. The van der Waals surface area contributed by atoms with Crippen LogP contribution in [0.15, 0.2) is 27.1 Å². The van der Waals surface area contributed by atoms with Gasteiger partial charge in [0.1, 0.15) is 5.76 Å². The minimum Gasteiger partial charge on any atom is -0.427 e. The van der Waals surface area contributed by atoms with Crippen molar-refractivity contribution >= 4 is 27.9 Å². The van der Waals surface area contributed by atoms with Crippen LogP contribution >= 0.6 is 15.9 Å². The van der Waals surface area contributed by atoms with E-state index in [2.05, 4.69) is 20.9 Å². The first-order valence-corrected chi connectivity index (χ1v) is 7.13. The van der Waals surface area contributed by atoms with Crippen molar-refractivity contribution in [1.29, 1.82) is 0 Å². The Morgan fingerprint density at radius 2 is 2.30 bits per heavy atom. The molecule has 6 heteroatoms. The lowest BCUT2D eigenvalue weighted by atomic mass is 10.1. The maximum atomic E-state index is 12.6. The third-order valence-corrected chi connectivity index (χ3v) is 3.96. The molecule has 0 fully saturated rings. The maximum absolute atomic E-state index is 12.6. The summed E-state index contributed by atoms with van der Waals surface area (Å²) in [6.45, 7) is 2.98. The van der Waals surface area contributed by atoms with Crippen LogP contribution < -0.4 is 5.73 Å². The van der Waals surface area contributed by atoms with Gasteiger partial charge in [-0.1, -0.05) is 22.0 Å². The highest BCUT2D eigenvalue weighted by molar-refractivity contribution is 9.10. The molecule has 0 spiro atoms. The first-order chi connectivity index (χ1) is 9.54. The molecule has 0 saturated carbocycles. The van der Waals surface area contributed by atoms with E-state index in [1.165, 1.54) is 0 Å². The van der Waals surface area contributed by atoms with Crippen molar-refractivity contribution in [3.8, 4) is 0 Å². The summed E-state index contributed by atoms with van der Waals surface area (Å²) < 4.78 is 6.24. The number of rotatable bonds is 1. The molecule has 20 heavy (non-hydrogen) atoms. The van der Waals surface area contributed by atoms with E-state index in [-0.39, 0.29) is 11.9 Å². The van der Waals surface area contributed by atoms with Gasteiger partial charge in [-0.25, -0.2) is 0 Å². The fraction of sp³-hybridized carbons (Fsp3) is 0.286. The molecule has 0 aliphatic carbocycles. The zero-order valence-electron chi connectivity index (χ0n) is 11.0. The van der Waals surface area contributed by atoms with Crippen molar-refractivity contribution < 1.29 is 9.21 Å². The molecule has 0 saturated heterocycles. The number of amides is 1. The Labute approximate surface area is 124 Å². The van der Waals surface area contributed by atoms with Crippen LogP contribution in [0.5, 0.6) is 0 Å². The zero-order chi connectivity index (χ0) is 14.3. The number of aryl methyl sites for hydroxylation is 1. The van der Waals surface area contributed by atoms with Crippen LogP contribution in [0.3, 0.4) is 0 Å². The molecule has 2 N–H and O–H groups in total. The summed E-state index contributed by atoms with van der Waals surface area (Å²) in [5.41, 5.74) is 8.07. The molecular formula is C14H14BrN3O2. The Balaban J connectivity index is 1.87. The third-order valence-electron chi connectivity index (χ3n) is 3.47. The van der Waals surface area contributed by atoms with Crippen LogP contribution in [0.25, 0.3) is 0 Å². The monoisotopic (exact) mass is 335 g/mol. The first kappa shape index (κ1) is 13.2. The smallest absolute Gasteiger partial charge is 0.292 e. The number of carbonyl (C=O) groups is 1. The van der Waals surface area contributed by atoms with Crippen LogP contribution in [0, 0.1) is 6.92 Å². The summed E-state index contributed by atoms with van der Waals surface area (Å²) in [6, 6.07) is 5.88. The van der Waals surface area contributed by atoms with Gasteiger partial charge in [-0.15, -0.1) is 0 Å². The number of hydrogen-bond acceptors (Lipinski definition) is 4. The average molecular weight is 336 g/mol. The van der Waals surface area contributed by atoms with Crippen LogP contribution in [-0.2, 0) is 13.0 Å². The van der Waals surface area contributed by atoms with Gasteiger partial charge in [-0.3, -0.25) is 4.79 Å². The molecule has 5 nitrogen and oxygen atoms in total. The quantitative estimate of drug-likeness (QED) is 0.869. The van der Waals surface area contributed by atoms with Crippen molar-refractivity contribution in [3.63, 3.8) is 0 Å².